The molecular formula is C93H168N2Ni. The Labute approximate surface area is 614 Å². The van der Waals surface area contributed by atoms with Crippen LogP contribution in [0.5, 0.6) is 0 Å². The second kappa shape index (κ2) is 81.8. The zero-order valence-electron chi connectivity index (χ0n) is 66.0. The van der Waals surface area contributed by atoms with Crippen molar-refractivity contribution in [2.24, 2.45) is 0 Å². The Hall–Kier alpha value is -2.17. The van der Waals surface area contributed by atoms with Gasteiger partial charge in [-0.3, -0.25) is 0 Å². The molecule has 0 spiro atoms. The number of hydrogen-bond acceptors (Lipinski definition) is 0. The molecule has 0 N–H and O–H groups in total. The molecular weight excluding hydrogens is 1200 g/mol. The summed E-state index contributed by atoms with van der Waals surface area (Å²) >= 11 is 0. The Bertz CT molecular complexity index is 1820. The first-order valence-corrected chi connectivity index (χ1v) is 43.4. The van der Waals surface area contributed by atoms with Crippen molar-refractivity contribution < 1.29 is 21.3 Å². The number of nitrogens with zero attached hydrogens (tertiary/aromatic N) is 2. The van der Waals surface area contributed by atoms with E-state index in [2.05, 4.69) is 115 Å². The van der Waals surface area contributed by atoms with E-state index in [1.165, 1.54) is 425 Å². The zero-order chi connectivity index (χ0) is 68.9. The van der Waals surface area contributed by atoms with Crippen LogP contribution in [0.15, 0.2) is 59.7 Å². The summed E-state index contributed by atoms with van der Waals surface area (Å²) in [6.45, 7) is 21.3. The second-order valence-electron chi connectivity index (χ2n) is 29.9. The van der Waals surface area contributed by atoms with Gasteiger partial charge in [0.25, 0.3) is 0 Å². The fourth-order valence-electron chi connectivity index (χ4n) is 14.0. The first kappa shape index (κ1) is 95.9. The summed E-state index contributed by atoms with van der Waals surface area (Å²) in [6, 6.07) is 17.9. The van der Waals surface area contributed by atoms with Crippen molar-refractivity contribution in [1.82, 2.24) is 0 Å². The average molecular weight is 1370 g/mol. The molecule has 0 aliphatic heterocycles. The minimum absolute atomic E-state index is 0. The first-order valence-electron chi connectivity index (χ1n) is 43.4. The van der Waals surface area contributed by atoms with E-state index in [0.717, 1.165) is 56.9 Å². The molecule has 0 unspecified atom stereocenters. The van der Waals surface area contributed by atoms with E-state index in [1.54, 1.807) is 0 Å². The molecule has 0 heterocycles. The molecule has 0 aliphatic carbocycles. The van der Waals surface area contributed by atoms with E-state index >= 15 is 0 Å². The summed E-state index contributed by atoms with van der Waals surface area (Å²) in [5.41, 5.74) is 18.3. The van der Waals surface area contributed by atoms with Gasteiger partial charge in [0.1, 0.15) is 0 Å². The second-order valence-corrected chi connectivity index (χ2v) is 29.9. The van der Waals surface area contributed by atoms with Gasteiger partial charge in [0.2, 0.25) is 0 Å². The molecule has 0 aliphatic rings. The van der Waals surface area contributed by atoms with Crippen LogP contribution in [-0.4, -0.2) is 10.7 Å². The van der Waals surface area contributed by atoms with Crippen LogP contribution in [0.4, 0.5) is 0 Å². The first-order chi connectivity index (χ1) is 47.0. The maximum Gasteiger partial charge on any atom is 2.00 e. The van der Waals surface area contributed by atoms with Crippen molar-refractivity contribution in [2.45, 2.75) is 485 Å². The molecule has 96 heavy (non-hydrogen) atoms. The minimum Gasteiger partial charge on any atom is -0.348 e. The van der Waals surface area contributed by atoms with Crippen LogP contribution in [0.1, 0.15) is 493 Å². The Kier molecular flexibility index (Phi) is 81.7. The maximum atomic E-state index is 9.55. The number of benzene rings is 2. The molecule has 0 aromatic heterocycles. The van der Waals surface area contributed by atoms with Crippen LogP contribution >= 0.6 is 0 Å². The van der Waals surface area contributed by atoms with Gasteiger partial charge in [0.15, 0.2) is 0 Å². The van der Waals surface area contributed by atoms with E-state index in [9.17, 15) is 5.53 Å². The summed E-state index contributed by atoms with van der Waals surface area (Å²) < 4.78 is 0. The normalized spacial score (nSPS) is 11.3. The van der Waals surface area contributed by atoms with Crippen LogP contribution in [0.25, 0.3) is 11.1 Å². The molecule has 0 saturated heterocycles. The Morgan fingerprint density at radius 2 is 0.583 bits per heavy atom. The van der Waals surface area contributed by atoms with Crippen LogP contribution < -0.4 is 0 Å². The number of unbranched alkanes of at least 4 members (excludes halogenated alkanes) is 61. The largest absolute Gasteiger partial charge is 2.00 e. The van der Waals surface area contributed by atoms with Crippen molar-refractivity contribution in [3.63, 3.8) is 0 Å². The third-order valence-corrected chi connectivity index (χ3v) is 20.5. The zero-order valence-corrected chi connectivity index (χ0v) is 67.0. The molecule has 2 aromatic rings. The van der Waals surface area contributed by atoms with Gasteiger partial charge in [-0.2, -0.15) is 12.8 Å². The van der Waals surface area contributed by atoms with Crippen molar-refractivity contribution in [3.05, 3.63) is 101 Å². The van der Waals surface area contributed by atoms with Gasteiger partial charge in [-0.05, 0) is 73.3 Å². The van der Waals surface area contributed by atoms with Gasteiger partial charge in [0.05, 0.1) is 5.57 Å². The molecule has 560 valence electrons. The predicted octanol–water partition coefficient (Wildman–Crippen LogP) is 33.4. The third kappa shape index (κ3) is 66.4. The smallest absolute Gasteiger partial charge is 0.348 e. The molecule has 0 saturated carbocycles. The number of aryl methyl sites for hydroxylation is 2. The Morgan fingerprint density at radius 1 is 0.312 bits per heavy atom. The standard InChI is InChI=1S/C33H46N2.2C30H61.Ni/c1-5-8-11-12-13-14-18-31(26-35-34)32(20-10-7-3)33(29-23-21-27(4)22-24-29)30-19-15-17-28(25-30)16-9-6-2;2*1-3-5-7-9-11-13-15-17-19-21-23-25-27-29-30-28-26-24-22-20-18-16-14-12-10-8-6-4-2;/h15,17,19,21-25H,5-14,16,18,20H2,1-4H3;2*1,3-30H2,2H3;/q;2*-1;+2. The molecule has 0 amide bonds. The fourth-order valence-corrected chi connectivity index (χ4v) is 14.0. The fraction of sp³-hybridized carbons (Fsp3) is 0.806. The average Bonchev–Trinajstić information content (AvgIpc) is 0.819. The number of allylic oxidation sites excluding steroid dienone is 2. The minimum atomic E-state index is 0. The van der Waals surface area contributed by atoms with Crippen molar-refractivity contribution in [1.29, 1.82) is 0 Å². The van der Waals surface area contributed by atoms with Crippen molar-refractivity contribution >= 4 is 11.4 Å². The quantitative estimate of drug-likeness (QED) is 0.0120. The topological polar surface area (TPSA) is 36.4 Å². The van der Waals surface area contributed by atoms with Crippen LogP contribution in [0, 0.1) is 20.8 Å². The maximum absolute atomic E-state index is 9.55. The molecule has 3 heteroatoms. The van der Waals surface area contributed by atoms with E-state index < -0.39 is 0 Å². The van der Waals surface area contributed by atoms with Crippen LogP contribution in [0.3, 0.4) is 0 Å². The molecule has 2 aromatic carbocycles. The van der Waals surface area contributed by atoms with Gasteiger partial charge < -0.3 is 19.4 Å². The van der Waals surface area contributed by atoms with Gasteiger partial charge in [-0.1, -0.05) is 480 Å². The Morgan fingerprint density at radius 3 is 0.854 bits per heavy atom. The van der Waals surface area contributed by atoms with Crippen LogP contribution in [-0.2, 0) is 22.9 Å². The summed E-state index contributed by atoms with van der Waals surface area (Å²) in [4.78, 5) is 3.41. The molecule has 0 radical (unpaired) electrons. The number of rotatable bonds is 70. The van der Waals surface area contributed by atoms with Gasteiger partial charge in [-0.25, -0.2) is 0 Å². The van der Waals surface area contributed by atoms with E-state index in [4.69, 9.17) is 0 Å². The third-order valence-electron chi connectivity index (χ3n) is 20.5. The summed E-state index contributed by atoms with van der Waals surface area (Å²) in [5.74, 6) is 3.01. The van der Waals surface area contributed by atoms with E-state index in [1.807, 2.05) is 0 Å². The van der Waals surface area contributed by atoms with Gasteiger partial charge >= 0.3 is 22.4 Å². The Balaban J connectivity index is 0. The molecule has 2 nitrogen and oxygen atoms in total. The van der Waals surface area contributed by atoms with Crippen molar-refractivity contribution in [3.8, 4) is 0 Å². The number of hydrogen-bond donors (Lipinski definition) is 0. The summed E-state index contributed by atoms with van der Waals surface area (Å²) in [7, 11) is 0. The summed E-state index contributed by atoms with van der Waals surface area (Å²) in [5, 5.41) is 0. The van der Waals surface area contributed by atoms with Crippen LogP contribution in [0.2, 0.25) is 0 Å². The van der Waals surface area contributed by atoms with Crippen molar-refractivity contribution in [2.75, 3.05) is 0 Å². The predicted molar refractivity (Wildman–Crippen MR) is 433 cm³/mol. The molecule has 0 bridgehead atoms. The molecule has 0 fully saturated rings. The SMILES string of the molecule is CCCCCCCCC(=C=[N+]=[N-])C(CCCC)=C(c1ccc(C)cc1)c1cccc(CCCC)c1.[CH2-]CCCCCCCCCCCCCCCCCCCCCCCCCCCCC.[CH2-]CCCCCCCCCCCCCCCCCCCCCCCCCCCCC.[Ni+2]. The van der Waals surface area contributed by atoms with E-state index in [0.29, 0.717) is 0 Å². The molecule has 0 atom stereocenters. The summed E-state index contributed by atoms with van der Waals surface area (Å²) in [6.07, 6.45) is 96.6. The molecule has 2 rings (SSSR count). The van der Waals surface area contributed by atoms with Gasteiger partial charge in [0, 0.05) is 0 Å². The van der Waals surface area contributed by atoms with Gasteiger partial charge in [-0.15, -0.1) is 4.79 Å². The van der Waals surface area contributed by atoms with E-state index in [-0.39, 0.29) is 16.5 Å². The monoisotopic (exact) mass is 1370 g/mol.